The molecule has 1 atom stereocenters. The van der Waals surface area contributed by atoms with Crippen molar-refractivity contribution in [2.45, 2.75) is 31.8 Å². The summed E-state index contributed by atoms with van der Waals surface area (Å²) in [6.07, 6.45) is 1.46. The molecule has 33 heavy (non-hydrogen) atoms. The molecule has 2 aromatic rings. The normalized spacial score (nSPS) is 18.1. The van der Waals surface area contributed by atoms with Crippen molar-refractivity contribution >= 4 is 35.0 Å². The Morgan fingerprint density at radius 3 is 2.61 bits per heavy atom. The minimum atomic E-state index is -0.846. The summed E-state index contributed by atoms with van der Waals surface area (Å²) >= 11 is 13.0. The average molecular weight is 492 g/mol. The van der Waals surface area contributed by atoms with Crippen LogP contribution >= 0.6 is 23.2 Å². The van der Waals surface area contributed by atoms with Gasteiger partial charge in [0.1, 0.15) is 23.8 Å². The van der Waals surface area contributed by atoms with Gasteiger partial charge in [0.05, 0.1) is 23.1 Å². The highest BCUT2D eigenvalue weighted by Crippen LogP contribution is 2.46. The van der Waals surface area contributed by atoms with Crippen LogP contribution in [-0.4, -0.2) is 18.9 Å². The molecule has 172 valence electrons. The molecule has 0 amide bonds. The molecule has 0 bridgehead atoms. The Hall–Kier alpha value is -3.03. The van der Waals surface area contributed by atoms with Crippen LogP contribution in [0.5, 0.6) is 5.75 Å². The second kappa shape index (κ2) is 9.45. The summed E-state index contributed by atoms with van der Waals surface area (Å²) in [5.74, 6) is -1.60. The molecule has 1 heterocycles. The highest BCUT2D eigenvalue weighted by molar-refractivity contribution is 6.37. The summed E-state index contributed by atoms with van der Waals surface area (Å²) in [5.41, 5.74) is 7.48. The van der Waals surface area contributed by atoms with Gasteiger partial charge in [-0.25, -0.2) is 9.18 Å². The van der Waals surface area contributed by atoms with Crippen molar-refractivity contribution in [1.29, 1.82) is 0 Å². The third-order valence-electron chi connectivity index (χ3n) is 5.52. The molecule has 2 aromatic carbocycles. The Kier molecular flexibility index (Phi) is 6.63. The number of Topliss-reactive ketones (excluding diaryl/α,β-unsaturated/α-hetero) is 1. The van der Waals surface area contributed by atoms with Crippen molar-refractivity contribution in [2.75, 3.05) is 7.11 Å². The van der Waals surface area contributed by atoms with Crippen molar-refractivity contribution in [3.8, 4) is 5.75 Å². The Labute approximate surface area is 199 Å². The van der Waals surface area contributed by atoms with E-state index in [9.17, 15) is 14.0 Å². The first-order valence-corrected chi connectivity index (χ1v) is 10.9. The maximum absolute atomic E-state index is 13.4. The van der Waals surface area contributed by atoms with Crippen LogP contribution in [0.15, 0.2) is 59.2 Å². The molecule has 0 spiro atoms. The number of hydrogen-bond donors (Lipinski definition) is 1. The van der Waals surface area contributed by atoms with Gasteiger partial charge >= 0.3 is 5.97 Å². The highest BCUT2D eigenvalue weighted by Gasteiger charge is 2.41. The number of esters is 1. The third kappa shape index (κ3) is 4.56. The van der Waals surface area contributed by atoms with Crippen molar-refractivity contribution in [2.24, 2.45) is 5.73 Å². The zero-order valence-corrected chi connectivity index (χ0v) is 19.1. The minimum Gasteiger partial charge on any atom is -0.486 e. The van der Waals surface area contributed by atoms with Crippen LogP contribution in [0.4, 0.5) is 4.39 Å². The van der Waals surface area contributed by atoms with E-state index < -0.39 is 11.9 Å². The van der Waals surface area contributed by atoms with E-state index in [1.165, 1.54) is 19.2 Å². The number of allylic oxidation sites excluding steroid dienone is 2. The fourth-order valence-electron chi connectivity index (χ4n) is 4.06. The van der Waals surface area contributed by atoms with Crippen molar-refractivity contribution in [3.63, 3.8) is 0 Å². The molecule has 2 aliphatic rings. The van der Waals surface area contributed by atoms with E-state index in [0.29, 0.717) is 41.7 Å². The average Bonchev–Trinajstić information content (AvgIpc) is 2.77. The molecule has 4 rings (SSSR count). The topological polar surface area (TPSA) is 87.9 Å². The molecule has 9 heteroatoms. The summed E-state index contributed by atoms with van der Waals surface area (Å²) < 4.78 is 29.7. The fraction of sp³-hybridized carbons (Fsp3) is 0.250. The first-order valence-electron chi connectivity index (χ1n) is 10.2. The zero-order valence-electron chi connectivity index (χ0n) is 17.6. The first-order chi connectivity index (χ1) is 15.8. The van der Waals surface area contributed by atoms with Gasteiger partial charge < -0.3 is 19.9 Å². The lowest BCUT2D eigenvalue weighted by Gasteiger charge is -2.32. The van der Waals surface area contributed by atoms with E-state index in [-0.39, 0.29) is 45.5 Å². The summed E-state index contributed by atoms with van der Waals surface area (Å²) in [5, 5.41) is 0.321. The lowest BCUT2D eigenvalue weighted by atomic mass is 9.77. The Morgan fingerprint density at radius 1 is 1.21 bits per heavy atom. The number of carbonyl (C=O) groups is 2. The minimum absolute atomic E-state index is 0.00654. The van der Waals surface area contributed by atoms with E-state index in [0.717, 1.165) is 0 Å². The van der Waals surface area contributed by atoms with Gasteiger partial charge in [-0.15, -0.1) is 0 Å². The summed E-state index contributed by atoms with van der Waals surface area (Å²) in [6, 6.07) is 9.08. The first kappa shape index (κ1) is 23.1. The lowest BCUT2D eigenvalue weighted by molar-refractivity contribution is -0.136. The van der Waals surface area contributed by atoms with Gasteiger partial charge in [-0.1, -0.05) is 35.3 Å². The third-order valence-corrected chi connectivity index (χ3v) is 6.08. The molecule has 0 fully saturated rings. The van der Waals surface area contributed by atoms with Crippen LogP contribution in [0.3, 0.4) is 0 Å². The molecular weight excluding hydrogens is 472 g/mol. The van der Waals surface area contributed by atoms with E-state index in [1.807, 2.05) is 0 Å². The predicted molar refractivity (Wildman–Crippen MR) is 120 cm³/mol. The second-order valence-electron chi connectivity index (χ2n) is 7.65. The van der Waals surface area contributed by atoms with Crippen LogP contribution in [0.1, 0.15) is 36.3 Å². The lowest BCUT2D eigenvalue weighted by Crippen LogP contribution is -2.31. The number of nitrogens with two attached hydrogens (primary N) is 1. The van der Waals surface area contributed by atoms with Gasteiger partial charge in [0.25, 0.3) is 0 Å². The monoisotopic (exact) mass is 491 g/mol. The number of ether oxygens (including phenoxy) is 3. The SMILES string of the molecule is COC(=O)C1=C(N)OC2=C(C(=O)CCC2)[C@H]1c1cc(Cl)c(OCc2cccc(F)c2)c(Cl)c1. The molecule has 1 aliphatic heterocycles. The second-order valence-corrected chi connectivity index (χ2v) is 8.46. The van der Waals surface area contributed by atoms with E-state index in [1.54, 1.807) is 24.3 Å². The Balaban J connectivity index is 1.74. The number of ketones is 1. The van der Waals surface area contributed by atoms with Gasteiger partial charge in [0.15, 0.2) is 11.5 Å². The molecule has 0 saturated heterocycles. The van der Waals surface area contributed by atoms with Crippen LogP contribution in [-0.2, 0) is 25.7 Å². The Bertz CT molecular complexity index is 1180. The number of hydrogen-bond acceptors (Lipinski definition) is 6. The van der Waals surface area contributed by atoms with E-state index >= 15 is 0 Å². The van der Waals surface area contributed by atoms with Gasteiger partial charge in [-0.05, 0) is 41.8 Å². The molecule has 6 nitrogen and oxygen atoms in total. The summed E-state index contributed by atoms with van der Waals surface area (Å²) in [7, 11) is 1.22. The van der Waals surface area contributed by atoms with Crippen molar-refractivity contribution in [3.05, 3.63) is 86.2 Å². The smallest absolute Gasteiger partial charge is 0.340 e. The van der Waals surface area contributed by atoms with Crippen LogP contribution < -0.4 is 10.5 Å². The maximum atomic E-state index is 13.4. The predicted octanol–water partition coefficient (Wildman–Crippen LogP) is 5.18. The van der Waals surface area contributed by atoms with Crippen molar-refractivity contribution < 1.29 is 28.2 Å². The molecule has 2 N–H and O–H groups in total. The molecule has 0 radical (unpaired) electrons. The molecule has 1 aliphatic carbocycles. The summed E-state index contributed by atoms with van der Waals surface area (Å²) in [4.78, 5) is 25.4. The van der Waals surface area contributed by atoms with E-state index in [4.69, 9.17) is 43.1 Å². The van der Waals surface area contributed by atoms with Crippen LogP contribution in [0, 0.1) is 5.82 Å². The van der Waals surface area contributed by atoms with Gasteiger partial charge in [-0.3, -0.25) is 4.79 Å². The molecule has 0 aromatic heterocycles. The molecular formula is C24H20Cl2FNO5. The van der Waals surface area contributed by atoms with E-state index in [2.05, 4.69) is 0 Å². The molecule has 0 saturated carbocycles. The fourth-order valence-corrected chi connectivity index (χ4v) is 4.68. The maximum Gasteiger partial charge on any atom is 0.340 e. The van der Waals surface area contributed by atoms with Crippen LogP contribution in [0.25, 0.3) is 0 Å². The van der Waals surface area contributed by atoms with Crippen molar-refractivity contribution in [1.82, 2.24) is 0 Å². The highest BCUT2D eigenvalue weighted by atomic mass is 35.5. The number of benzene rings is 2. The largest absolute Gasteiger partial charge is 0.486 e. The number of methoxy groups -OCH3 is 1. The molecule has 0 unspecified atom stereocenters. The number of halogens is 3. The quantitative estimate of drug-likeness (QED) is 0.580. The van der Waals surface area contributed by atoms with Gasteiger partial charge in [-0.2, -0.15) is 0 Å². The number of carbonyl (C=O) groups excluding carboxylic acids is 2. The van der Waals surface area contributed by atoms with Gasteiger partial charge in [0, 0.05) is 18.4 Å². The standard InChI is InChI=1S/C24H20Cl2FNO5/c1-31-24(30)21-19(20-17(29)6-3-7-18(20)33-23(21)28)13-9-15(25)22(16(26)10-13)32-11-12-4-2-5-14(27)8-12/h2,4-5,8-10,19H,3,6-7,11,28H2,1H3/t19-/m1/s1. The summed E-state index contributed by atoms with van der Waals surface area (Å²) in [6.45, 7) is 0.0435. The number of rotatable bonds is 5. The Morgan fingerprint density at radius 2 is 1.94 bits per heavy atom. The van der Waals surface area contributed by atoms with Crippen LogP contribution in [0.2, 0.25) is 10.0 Å². The zero-order chi connectivity index (χ0) is 23.7. The van der Waals surface area contributed by atoms with Gasteiger partial charge in [0.2, 0.25) is 5.88 Å².